The summed E-state index contributed by atoms with van der Waals surface area (Å²) in [5, 5.41) is 19.9. The standard InChI is InChI=1S/C17H23N3O3/c1-4-17(22,5-2)11-18-16(21)14-10-19-20-15(14)12-6-8-13(23-3)9-7-12/h6-10,22H,4-5,11H2,1-3H3,(H,18,21)(H,19,20). The Morgan fingerprint density at radius 3 is 2.52 bits per heavy atom. The van der Waals surface area contributed by atoms with Crippen LogP contribution in [-0.4, -0.2) is 40.5 Å². The molecule has 1 amide bonds. The smallest absolute Gasteiger partial charge is 0.255 e. The number of hydrogen-bond donors (Lipinski definition) is 3. The lowest BCUT2D eigenvalue weighted by molar-refractivity contribution is 0.0314. The third kappa shape index (κ3) is 3.90. The topological polar surface area (TPSA) is 87.2 Å². The second-order valence-electron chi connectivity index (χ2n) is 5.50. The summed E-state index contributed by atoms with van der Waals surface area (Å²) >= 11 is 0. The van der Waals surface area contributed by atoms with Crippen LogP contribution >= 0.6 is 0 Å². The van der Waals surface area contributed by atoms with Crippen molar-refractivity contribution in [3.8, 4) is 17.0 Å². The Morgan fingerprint density at radius 2 is 1.96 bits per heavy atom. The van der Waals surface area contributed by atoms with Gasteiger partial charge in [-0.1, -0.05) is 13.8 Å². The minimum Gasteiger partial charge on any atom is -0.497 e. The number of benzene rings is 1. The Labute approximate surface area is 135 Å². The normalized spacial score (nSPS) is 11.3. The van der Waals surface area contributed by atoms with E-state index in [1.807, 2.05) is 38.1 Å². The molecule has 0 bridgehead atoms. The molecule has 0 aliphatic carbocycles. The molecule has 0 spiro atoms. The van der Waals surface area contributed by atoms with E-state index in [2.05, 4.69) is 15.5 Å². The molecular formula is C17H23N3O3. The summed E-state index contributed by atoms with van der Waals surface area (Å²) in [7, 11) is 1.60. The van der Waals surface area contributed by atoms with E-state index in [0.29, 0.717) is 24.1 Å². The van der Waals surface area contributed by atoms with Gasteiger partial charge in [0.25, 0.3) is 5.91 Å². The lowest BCUT2D eigenvalue weighted by Crippen LogP contribution is -2.42. The van der Waals surface area contributed by atoms with Crippen molar-refractivity contribution in [1.29, 1.82) is 0 Å². The maximum Gasteiger partial charge on any atom is 0.255 e. The van der Waals surface area contributed by atoms with Crippen LogP contribution in [0.2, 0.25) is 0 Å². The highest BCUT2D eigenvalue weighted by molar-refractivity contribution is 5.99. The molecule has 0 radical (unpaired) electrons. The molecule has 3 N–H and O–H groups in total. The van der Waals surface area contributed by atoms with Crippen molar-refractivity contribution in [2.45, 2.75) is 32.3 Å². The largest absolute Gasteiger partial charge is 0.497 e. The van der Waals surface area contributed by atoms with E-state index in [0.717, 1.165) is 11.3 Å². The molecule has 6 heteroatoms. The van der Waals surface area contributed by atoms with Crippen LogP contribution in [0.1, 0.15) is 37.0 Å². The van der Waals surface area contributed by atoms with Gasteiger partial charge in [-0.15, -0.1) is 0 Å². The number of carbonyl (C=O) groups is 1. The second-order valence-corrected chi connectivity index (χ2v) is 5.50. The maximum absolute atomic E-state index is 12.4. The molecule has 0 aliphatic rings. The van der Waals surface area contributed by atoms with Crippen LogP contribution < -0.4 is 10.1 Å². The second kappa shape index (κ2) is 7.28. The first-order valence-electron chi connectivity index (χ1n) is 7.71. The van der Waals surface area contributed by atoms with E-state index in [1.54, 1.807) is 7.11 Å². The Balaban J connectivity index is 2.15. The van der Waals surface area contributed by atoms with Gasteiger partial charge in [0.1, 0.15) is 5.75 Å². The fourth-order valence-electron chi connectivity index (χ4n) is 2.28. The summed E-state index contributed by atoms with van der Waals surface area (Å²) in [5.74, 6) is 0.486. The number of ether oxygens (including phenoxy) is 1. The molecule has 23 heavy (non-hydrogen) atoms. The SMILES string of the molecule is CCC(O)(CC)CNC(=O)c1cn[nH]c1-c1ccc(OC)cc1. The average molecular weight is 317 g/mol. The van der Waals surface area contributed by atoms with Crippen LogP contribution in [0.25, 0.3) is 11.3 Å². The maximum atomic E-state index is 12.4. The number of hydrogen-bond acceptors (Lipinski definition) is 4. The molecular weight excluding hydrogens is 294 g/mol. The summed E-state index contributed by atoms with van der Waals surface area (Å²) in [6.45, 7) is 4.01. The Kier molecular flexibility index (Phi) is 5.39. The van der Waals surface area contributed by atoms with E-state index in [4.69, 9.17) is 4.74 Å². The van der Waals surface area contributed by atoms with Crippen molar-refractivity contribution >= 4 is 5.91 Å². The third-order valence-electron chi connectivity index (χ3n) is 4.16. The highest BCUT2D eigenvalue weighted by atomic mass is 16.5. The zero-order valence-corrected chi connectivity index (χ0v) is 13.7. The van der Waals surface area contributed by atoms with Gasteiger partial charge in [0, 0.05) is 12.1 Å². The van der Waals surface area contributed by atoms with Crippen LogP contribution in [0.5, 0.6) is 5.75 Å². The lowest BCUT2D eigenvalue weighted by atomic mass is 9.97. The van der Waals surface area contributed by atoms with E-state index < -0.39 is 5.60 Å². The fraction of sp³-hybridized carbons (Fsp3) is 0.412. The number of aromatic nitrogens is 2. The third-order valence-corrected chi connectivity index (χ3v) is 4.16. The van der Waals surface area contributed by atoms with Crippen LogP contribution in [0.15, 0.2) is 30.5 Å². The lowest BCUT2D eigenvalue weighted by Gasteiger charge is -2.25. The molecule has 124 valence electrons. The molecule has 6 nitrogen and oxygen atoms in total. The molecule has 0 atom stereocenters. The van der Waals surface area contributed by atoms with E-state index in [9.17, 15) is 9.90 Å². The van der Waals surface area contributed by atoms with Crippen LogP contribution in [0.3, 0.4) is 0 Å². The number of nitrogens with one attached hydrogen (secondary N) is 2. The van der Waals surface area contributed by atoms with E-state index in [1.165, 1.54) is 6.20 Å². The van der Waals surface area contributed by atoms with Crippen molar-refractivity contribution in [3.63, 3.8) is 0 Å². The molecule has 0 unspecified atom stereocenters. The number of aromatic amines is 1. The molecule has 0 aliphatic heterocycles. The van der Waals surface area contributed by atoms with Gasteiger partial charge < -0.3 is 15.2 Å². The van der Waals surface area contributed by atoms with Gasteiger partial charge in [-0.05, 0) is 37.1 Å². The molecule has 0 saturated heterocycles. The molecule has 2 aromatic rings. The number of amides is 1. The van der Waals surface area contributed by atoms with Crippen molar-refractivity contribution < 1.29 is 14.6 Å². The minimum absolute atomic E-state index is 0.214. The minimum atomic E-state index is -0.875. The predicted molar refractivity (Wildman–Crippen MR) is 88.4 cm³/mol. The van der Waals surface area contributed by atoms with Gasteiger partial charge in [-0.3, -0.25) is 9.89 Å². The van der Waals surface area contributed by atoms with Crippen LogP contribution in [0, 0.1) is 0 Å². The first-order valence-corrected chi connectivity index (χ1v) is 7.71. The molecule has 0 saturated carbocycles. The molecule has 1 aromatic heterocycles. The zero-order chi connectivity index (χ0) is 16.9. The highest BCUT2D eigenvalue weighted by Crippen LogP contribution is 2.24. The number of aliphatic hydroxyl groups is 1. The first kappa shape index (κ1) is 17.0. The van der Waals surface area contributed by atoms with Gasteiger partial charge in [0.15, 0.2) is 0 Å². The van der Waals surface area contributed by atoms with E-state index in [-0.39, 0.29) is 12.5 Å². The Hall–Kier alpha value is -2.34. The van der Waals surface area contributed by atoms with Gasteiger partial charge in [-0.25, -0.2) is 0 Å². The predicted octanol–water partition coefficient (Wildman–Crippen LogP) is 2.37. The van der Waals surface area contributed by atoms with Gasteiger partial charge in [0.05, 0.1) is 30.2 Å². The molecule has 1 heterocycles. The number of rotatable bonds is 7. The van der Waals surface area contributed by atoms with Crippen molar-refractivity contribution in [2.75, 3.05) is 13.7 Å². The average Bonchev–Trinajstić information content (AvgIpc) is 3.09. The number of methoxy groups -OCH3 is 1. The first-order chi connectivity index (χ1) is 11.0. The Bertz CT molecular complexity index is 645. The zero-order valence-electron chi connectivity index (χ0n) is 13.7. The van der Waals surface area contributed by atoms with Gasteiger partial charge in [-0.2, -0.15) is 5.10 Å². The number of carbonyl (C=O) groups excluding carboxylic acids is 1. The Morgan fingerprint density at radius 1 is 1.30 bits per heavy atom. The summed E-state index contributed by atoms with van der Waals surface area (Å²) < 4.78 is 5.13. The van der Waals surface area contributed by atoms with Crippen molar-refractivity contribution in [2.24, 2.45) is 0 Å². The highest BCUT2D eigenvalue weighted by Gasteiger charge is 2.24. The fourth-order valence-corrected chi connectivity index (χ4v) is 2.28. The van der Waals surface area contributed by atoms with Crippen molar-refractivity contribution in [3.05, 3.63) is 36.0 Å². The van der Waals surface area contributed by atoms with Crippen LogP contribution in [-0.2, 0) is 0 Å². The number of H-pyrrole nitrogens is 1. The monoisotopic (exact) mass is 317 g/mol. The van der Waals surface area contributed by atoms with Gasteiger partial charge in [0.2, 0.25) is 0 Å². The summed E-state index contributed by atoms with van der Waals surface area (Å²) in [4.78, 5) is 12.4. The summed E-state index contributed by atoms with van der Waals surface area (Å²) in [6.07, 6.45) is 2.66. The van der Waals surface area contributed by atoms with E-state index >= 15 is 0 Å². The summed E-state index contributed by atoms with van der Waals surface area (Å²) in [5.41, 5.74) is 1.06. The molecule has 1 aromatic carbocycles. The summed E-state index contributed by atoms with van der Waals surface area (Å²) in [6, 6.07) is 7.37. The van der Waals surface area contributed by atoms with Crippen molar-refractivity contribution in [1.82, 2.24) is 15.5 Å². The molecule has 2 rings (SSSR count). The molecule has 0 fully saturated rings. The van der Waals surface area contributed by atoms with Gasteiger partial charge >= 0.3 is 0 Å². The van der Waals surface area contributed by atoms with Crippen LogP contribution in [0.4, 0.5) is 0 Å². The quantitative estimate of drug-likeness (QED) is 0.731. The number of nitrogens with zero attached hydrogens (tertiary/aromatic N) is 1.